The second-order valence-corrected chi connectivity index (χ2v) is 7.75. The van der Waals surface area contributed by atoms with Gasteiger partial charge in [0.05, 0.1) is 22.5 Å². The van der Waals surface area contributed by atoms with Crippen molar-refractivity contribution in [1.82, 2.24) is 15.2 Å². The van der Waals surface area contributed by atoms with E-state index in [9.17, 15) is 4.79 Å². The van der Waals surface area contributed by atoms with Crippen molar-refractivity contribution in [2.75, 3.05) is 0 Å². The van der Waals surface area contributed by atoms with Crippen LogP contribution in [0.3, 0.4) is 0 Å². The quantitative estimate of drug-likeness (QED) is 0.404. The molecule has 0 aliphatic carbocycles. The molecule has 4 aromatic rings. The zero-order chi connectivity index (χ0) is 19.7. The molecule has 0 unspecified atom stereocenters. The van der Waals surface area contributed by atoms with E-state index in [1.165, 1.54) is 16.9 Å². The zero-order valence-corrected chi connectivity index (χ0v) is 16.7. The van der Waals surface area contributed by atoms with E-state index in [0.29, 0.717) is 4.88 Å². The number of hydrazone groups is 1. The molecule has 0 bridgehead atoms. The smallest absolute Gasteiger partial charge is 0.266 e. The number of nitrogens with one attached hydrogen (secondary N) is 1. The Kier molecular flexibility index (Phi) is 4.79. The lowest BCUT2D eigenvalue weighted by Crippen LogP contribution is -2.16. The van der Waals surface area contributed by atoms with Gasteiger partial charge >= 0.3 is 0 Å². The first-order chi connectivity index (χ1) is 13.5. The largest absolute Gasteiger partial charge is 0.281 e. The second-order valence-electron chi connectivity index (χ2n) is 6.72. The lowest BCUT2D eigenvalue weighted by Gasteiger charge is -2.02. The molecule has 0 saturated carbocycles. The topological polar surface area (TPSA) is 59.3 Å². The summed E-state index contributed by atoms with van der Waals surface area (Å²) in [5, 5.41) is 9.71. The first kappa shape index (κ1) is 18.1. The molecule has 2 aromatic carbocycles. The van der Waals surface area contributed by atoms with Crippen LogP contribution in [0.4, 0.5) is 0 Å². The van der Waals surface area contributed by atoms with E-state index in [0.717, 1.165) is 32.7 Å². The summed E-state index contributed by atoms with van der Waals surface area (Å²) >= 11 is 1.41. The molecule has 140 valence electrons. The maximum absolute atomic E-state index is 12.6. The Morgan fingerprint density at radius 3 is 2.64 bits per heavy atom. The Morgan fingerprint density at radius 2 is 1.89 bits per heavy atom. The summed E-state index contributed by atoms with van der Waals surface area (Å²) in [5.41, 5.74) is 7.81. The van der Waals surface area contributed by atoms with Crippen LogP contribution in [0.2, 0.25) is 0 Å². The molecule has 5 nitrogen and oxygen atoms in total. The van der Waals surface area contributed by atoms with Gasteiger partial charge in [0, 0.05) is 5.39 Å². The molecule has 0 saturated heterocycles. The van der Waals surface area contributed by atoms with Gasteiger partial charge in [-0.15, -0.1) is 11.3 Å². The number of thiophene rings is 1. The number of hydrogen-bond donors (Lipinski definition) is 1. The molecular weight excluding hydrogens is 368 g/mol. The van der Waals surface area contributed by atoms with Gasteiger partial charge in [-0.1, -0.05) is 42.0 Å². The fourth-order valence-electron chi connectivity index (χ4n) is 3.09. The molecule has 0 aliphatic heterocycles. The molecule has 0 atom stereocenters. The van der Waals surface area contributed by atoms with Crippen molar-refractivity contribution in [3.05, 3.63) is 81.9 Å². The van der Waals surface area contributed by atoms with E-state index < -0.39 is 0 Å². The van der Waals surface area contributed by atoms with Gasteiger partial charge in [0.2, 0.25) is 0 Å². The monoisotopic (exact) mass is 388 g/mol. The molecule has 28 heavy (non-hydrogen) atoms. The van der Waals surface area contributed by atoms with Crippen LogP contribution >= 0.6 is 11.3 Å². The first-order valence-electron chi connectivity index (χ1n) is 8.98. The van der Waals surface area contributed by atoms with E-state index in [4.69, 9.17) is 0 Å². The molecule has 0 aliphatic rings. The van der Waals surface area contributed by atoms with Gasteiger partial charge in [0.1, 0.15) is 4.83 Å². The number of fused-ring (bicyclic) bond motifs is 1. The third-order valence-electron chi connectivity index (χ3n) is 4.56. The Hall–Kier alpha value is -3.25. The van der Waals surface area contributed by atoms with E-state index in [1.54, 1.807) is 6.21 Å². The maximum atomic E-state index is 12.6. The van der Waals surface area contributed by atoms with Gasteiger partial charge < -0.3 is 0 Å². The maximum Gasteiger partial charge on any atom is 0.281 e. The Balaban J connectivity index is 1.57. The fraction of sp³-hybridized carbons (Fsp3) is 0.136. The minimum absolute atomic E-state index is 0.221. The van der Waals surface area contributed by atoms with Crippen molar-refractivity contribution in [3.8, 4) is 5.69 Å². The van der Waals surface area contributed by atoms with Gasteiger partial charge in [-0.05, 0) is 50.1 Å². The van der Waals surface area contributed by atoms with Crippen LogP contribution in [0.1, 0.15) is 32.1 Å². The van der Waals surface area contributed by atoms with E-state index >= 15 is 0 Å². The number of rotatable bonds is 4. The summed E-state index contributed by atoms with van der Waals surface area (Å²) in [4.78, 5) is 14.1. The van der Waals surface area contributed by atoms with Gasteiger partial charge in [-0.25, -0.2) is 10.1 Å². The third kappa shape index (κ3) is 3.46. The summed E-state index contributed by atoms with van der Waals surface area (Å²) in [6, 6.07) is 17.9. The highest BCUT2D eigenvalue weighted by Crippen LogP contribution is 2.30. The zero-order valence-electron chi connectivity index (χ0n) is 15.9. The molecule has 0 spiro atoms. The number of para-hydroxylation sites is 1. The van der Waals surface area contributed by atoms with Crippen LogP contribution in [0.15, 0.2) is 59.7 Å². The summed E-state index contributed by atoms with van der Waals surface area (Å²) in [7, 11) is 0. The standard InChI is InChI=1S/C22H20N4OS/c1-14-9-10-17(15(2)11-14)13-23-24-21(27)20-12-19-16(3)25-26(22(19)28-20)18-7-5-4-6-8-18/h4-13H,1-3H3,(H,24,27)/b23-13-. The molecule has 4 rings (SSSR count). The van der Waals surface area contributed by atoms with Crippen molar-refractivity contribution in [3.63, 3.8) is 0 Å². The first-order valence-corrected chi connectivity index (χ1v) is 9.80. The lowest BCUT2D eigenvalue weighted by atomic mass is 10.1. The number of carbonyl (C=O) groups excluding carboxylic acids is 1. The van der Waals surface area contributed by atoms with Crippen LogP contribution in [0, 0.1) is 20.8 Å². The molecule has 0 fully saturated rings. The van der Waals surface area contributed by atoms with E-state index in [2.05, 4.69) is 28.6 Å². The van der Waals surface area contributed by atoms with Crippen LogP contribution < -0.4 is 5.43 Å². The fourth-order valence-corrected chi connectivity index (χ4v) is 4.16. The highest BCUT2D eigenvalue weighted by Gasteiger charge is 2.16. The summed E-state index contributed by atoms with van der Waals surface area (Å²) < 4.78 is 1.88. The van der Waals surface area contributed by atoms with Gasteiger partial charge in [0.25, 0.3) is 5.91 Å². The highest BCUT2D eigenvalue weighted by molar-refractivity contribution is 7.20. The van der Waals surface area contributed by atoms with Crippen molar-refractivity contribution >= 4 is 33.7 Å². The van der Waals surface area contributed by atoms with Crippen LogP contribution in [0.5, 0.6) is 0 Å². The summed E-state index contributed by atoms with van der Waals surface area (Å²) in [6.45, 7) is 6.03. The normalized spacial score (nSPS) is 11.4. The predicted molar refractivity (Wildman–Crippen MR) is 115 cm³/mol. The number of benzene rings is 2. The Morgan fingerprint density at radius 1 is 1.11 bits per heavy atom. The summed E-state index contributed by atoms with van der Waals surface area (Å²) in [6.07, 6.45) is 1.68. The minimum atomic E-state index is -0.221. The second kappa shape index (κ2) is 7.40. The van der Waals surface area contributed by atoms with Gasteiger partial charge in [0.15, 0.2) is 0 Å². The number of nitrogens with zero attached hydrogens (tertiary/aromatic N) is 3. The predicted octanol–water partition coefficient (Wildman–Crippen LogP) is 4.78. The van der Waals surface area contributed by atoms with Crippen LogP contribution in [-0.4, -0.2) is 21.9 Å². The molecular formula is C22H20N4OS. The van der Waals surface area contributed by atoms with Crippen molar-refractivity contribution in [1.29, 1.82) is 0 Å². The average molecular weight is 388 g/mol. The lowest BCUT2D eigenvalue weighted by molar-refractivity contribution is 0.0959. The van der Waals surface area contributed by atoms with Gasteiger partial charge in [-0.3, -0.25) is 4.79 Å². The number of carbonyl (C=O) groups is 1. The number of aryl methyl sites for hydroxylation is 3. The van der Waals surface area contributed by atoms with E-state index in [-0.39, 0.29) is 5.91 Å². The third-order valence-corrected chi connectivity index (χ3v) is 5.67. The molecule has 0 radical (unpaired) electrons. The van der Waals surface area contributed by atoms with Crippen molar-refractivity contribution < 1.29 is 4.79 Å². The molecule has 6 heteroatoms. The molecule has 1 amide bonds. The molecule has 1 N–H and O–H groups in total. The highest BCUT2D eigenvalue weighted by atomic mass is 32.1. The van der Waals surface area contributed by atoms with Crippen molar-refractivity contribution in [2.24, 2.45) is 5.10 Å². The number of hydrogen-bond acceptors (Lipinski definition) is 4. The van der Waals surface area contributed by atoms with Crippen molar-refractivity contribution in [2.45, 2.75) is 20.8 Å². The average Bonchev–Trinajstić information content (AvgIpc) is 3.25. The minimum Gasteiger partial charge on any atom is -0.266 e. The molecule has 2 heterocycles. The number of amides is 1. The van der Waals surface area contributed by atoms with Gasteiger partial charge in [-0.2, -0.15) is 10.2 Å². The summed E-state index contributed by atoms with van der Waals surface area (Å²) in [5.74, 6) is -0.221. The SMILES string of the molecule is Cc1ccc(/C=N\NC(=O)c2cc3c(C)nn(-c4ccccc4)c3s2)c(C)c1. The van der Waals surface area contributed by atoms with Crippen LogP contribution in [-0.2, 0) is 0 Å². The van der Waals surface area contributed by atoms with E-state index in [1.807, 2.05) is 67.1 Å². The molecule has 2 aromatic heterocycles. The Bertz CT molecular complexity index is 1190. The van der Waals surface area contributed by atoms with Crippen LogP contribution in [0.25, 0.3) is 15.9 Å². The number of aromatic nitrogens is 2. The Labute approximate surface area is 167 Å².